The second kappa shape index (κ2) is 13.7. The van der Waals surface area contributed by atoms with Gasteiger partial charge in [0, 0.05) is 55.0 Å². The van der Waals surface area contributed by atoms with Gasteiger partial charge in [0.2, 0.25) is 0 Å². The molecule has 1 aromatic carbocycles. The number of hydrogen-bond donors (Lipinski definition) is 2. The van der Waals surface area contributed by atoms with Crippen molar-refractivity contribution in [1.82, 2.24) is 9.88 Å². The van der Waals surface area contributed by atoms with E-state index in [2.05, 4.69) is 33.8 Å². The van der Waals surface area contributed by atoms with Crippen LogP contribution in [0, 0.1) is 0 Å². The van der Waals surface area contributed by atoms with Crippen LogP contribution in [0.5, 0.6) is 0 Å². The van der Waals surface area contributed by atoms with Crippen LogP contribution in [0.1, 0.15) is 6.92 Å². The van der Waals surface area contributed by atoms with Crippen LogP contribution in [0.2, 0.25) is 5.02 Å². The van der Waals surface area contributed by atoms with Gasteiger partial charge < -0.3 is 19.8 Å². The number of hydrogen-bond acceptors (Lipinski definition) is 6. The van der Waals surface area contributed by atoms with Gasteiger partial charge in [-0.1, -0.05) is 11.6 Å². The van der Waals surface area contributed by atoms with Crippen molar-refractivity contribution >= 4 is 41.1 Å². The topological polar surface area (TPSA) is 103 Å². The van der Waals surface area contributed by atoms with Crippen molar-refractivity contribution in [2.45, 2.75) is 6.92 Å². The van der Waals surface area contributed by atoms with Crippen molar-refractivity contribution < 1.29 is 24.5 Å². The van der Waals surface area contributed by atoms with Crippen LogP contribution in [0.4, 0.5) is 5.69 Å². The smallest absolute Gasteiger partial charge is 0.290 e. The molecule has 2 N–H and O–H groups in total. The molecule has 154 valence electrons. The highest BCUT2D eigenvalue weighted by atomic mass is 35.5. The van der Waals surface area contributed by atoms with Gasteiger partial charge in [0.1, 0.15) is 0 Å². The van der Waals surface area contributed by atoms with Gasteiger partial charge in [0.25, 0.3) is 12.9 Å². The van der Waals surface area contributed by atoms with Crippen LogP contribution in [0.3, 0.4) is 0 Å². The number of likely N-dealkylation sites (N-methyl/N-ethyl adjacent to an activating group) is 1. The third-order valence-corrected chi connectivity index (χ3v) is 4.43. The molecule has 1 aliphatic heterocycles. The van der Waals surface area contributed by atoms with E-state index in [-0.39, 0.29) is 12.9 Å². The number of fused-ring (bicyclic) bond motifs is 1. The molecule has 0 unspecified atom stereocenters. The van der Waals surface area contributed by atoms with E-state index in [4.69, 9.17) is 36.1 Å². The number of morpholine rings is 1. The molecule has 0 aliphatic carbocycles. The van der Waals surface area contributed by atoms with E-state index in [1.54, 1.807) is 0 Å². The minimum absolute atomic E-state index is 0.250. The number of carbonyl (C=O) groups is 2. The van der Waals surface area contributed by atoms with Crippen molar-refractivity contribution in [3.63, 3.8) is 0 Å². The second-order valence-electron chi connectivity index (χ2n) is 5.74. The summed E-state index contributed by atoms with van der Waals surface area (Å²) in [7, 11) is 0. The van der Waals surface area contributed by atoms with Gasteiger partial charge >= 0.3 is 0 Å². The van der Waals surface area contributed by atoms with Crippen LogP contribution in [-0.2, 0) is 14.3 Å². The van der Waals surface area contributed by atoms with Crippen molar-refractivity contribution in [2.24, 2.45) is 0 Å². The molecule has 2 aromatic rings. The van der Waals surface area contributed by atoms with Gasteiger partial charge in [-0.25, -0.2) is 0 Å². The van der Waals surface area contributed by atoms with Gasteiger partial charge in [-0.15, -0.1) is 0 Å². The van der Waals surface area contributed by atoms with E-state index in [0.717, 1.165) is 61.9 Å². The Kier molecular flexibility index (Phi) is 11.6. The van der Waals surface area contributed by atoms with Gasteiger partial charge in [-0.3, -0.25) is 19.5 Å². The maximum atomic E-state index is 8.36. The quantitative estimate of drug-likeness (QED) is 0.723. The molecule has 2 heterocycles. The predicted molar refractivity (Wildman–Crippen MR) is 109 cm³/mol. The molecule has 0 radical (unpaired) electrons. The lowest BCUT2D eigenvalue weighted by Crippen LogP contribution is -2.41. The number of pyridine rings is 1. The summed E-state index contributed by atoms with van der Waals surface area (Å²) in [6.07, 6.45) is 1.87. The fourth-order valence-electron chi connectivity index (χ4n) is 2.92. The van der Waals surface area contributed by atoms with Crippen LogP contribution < -0.4 is 4.90 Å². The van der Waals surface area contributed by atoms with E-state index in [1.807, 2.05) is 18.3 Å². The molecule has 1 fully saturated rings. The lowest BCUT2D eigenvalue weighted by Gasteiger charge is -2.31. The monoisotopic (exact) mass is 411 g/mol. The highest BCUT2D eigenvalue weighted by molar-refractivity contribution is 6.31. The molecule has 0 amide bonds. The first-order valence-electron chi connectivity index (χ1n) is 8.86. The highest BCUT2D eigenvalue weighted by Crippen LogP contribution is 2.27. The third-order valence-electron chi connectivity index (χ3n) is 4.19. The highest BCUT2D eigenvalue weighted by Gasteiger charge is 2.14. The molecule has 3 rings (SSSR count). The van der Waals surface area contributed by atoms with Gasteiger partial charge in [-0.2, -0.15) is 0 Å². The predicted octanol–water partition coefficient (Wildman–Crippen LogP) is 2.45. The molecule has 0 spiro atoms. The first-order valence-corrected chi connectivity index (χ1v) is 9.24. The maximum absolute atomic E-state index is 8.36. The number of aromatic nitrogens is 1. The molecule has 1 aromatic heterocycles. The molecular weight excluding hydrogens is 386 g/mol. The molecular formula is C19H26ClN3O5. The van der Waals surface area contributed by atoms with Gasteiger partial charge in [0.15, 0.2) is 0 Å². The number of benzene rings is 1. The summed E-state index contributed by atoms with van der Waals surface area (Å²) in [6, 6.07) is 8.03. The van der Waals surface area contributed by atoms with Crippen LogP contribution >= 0.6 is 11.6 Å². The molecule has 1 saturated heterocycles. The largest absolute Gasteiger partial charge is 0.483 e. The van der Waals surface area contributed by atoms with Crippen LogP contribution in [-0.4, -0.2) is 79.0 Å². The van der Waals surface area contributed by atoms with E-state index in [1.165, 1.54) is 5.69 Å². The Morgan fingerprint density at radius 2 is 1.86 bits per heavy atom. The van der Waals surface area contributed by atoms with Crippen molar-refractivity contribution in [1.29, 1.82) is 0 Å². The Labute approximate surface area is 169 Å². The fraction of sp³-hybridized carbons (Fsp3) is 0.421. The standard InChI is InChI=1S/C17H22ClN3O.2CH2O2/c1-2-21(8-7-20-9-11-22-12-10-20)17-5-6-19-16-13-14(18)3-4-15(16)17;2*2-1-3/h3-6,13H,2,7-12H2,1H3;2*1H,(H,2,3). The summed E-state index contributed by atoms with van der Waals surface area (Å²) in [4.78, 5) is 26.0. The number of anilines is 1. The van der Waals surface area contributed by atoms with E-state index in [0.29, 0.717) is 0 Å². The number of nitrogens with zero attached hydrogens (tertiary/aromatic N) is 3. The van der Waals surface area contributed by atoms with E-state index < -0.39 is 0 Å². The Morgan fingerprint density at radius 1 is 1.21 bits per heavy atom. The molecule has 8 nitrogen and oxygen atoms in total. The summed E-state index contributed by atoms with van der Waals surface area (Å²) < 4.78 is 5.41. The zero-order valence-corrected chi connectivity index (χ0v) is 16.6. The second-order valence-corrected chi connectivity index (χ2v) is 6.17. The maximum Gasteiger partial charge on any atom is 0.290 e. The summed E-state index contributed by atoms with van der Waals surface area (Å²) in [5, 5.41) is 15.7. The average Bonchev–Trinajstić information content (AvgIpc) is 2.70. The normalized spacial score (nSPS) is 13.5. The van der Waals surface area contributed by atoms with Crippen molar-refractivity contribution in [2.75, 3.05) is 50.8 Å². The molecule has 1 aliphatic rings. The van der Waals surface area contributed by atoms with Crippen molar-refractivity contribution in [3.05, 3.63) is 35.5 Å². The Morgan fingerprint density at radius 3 is 2.46 bits per heavy atom. The number of carboxylic acid groups (broad SMARTS) is 2. The Hall–Kier alpha value is -2.42. The molecule has 0 saturated carbocycles. The summed E-state index contributed by atoms with van der Waals surface area (Å²) in [5.74, 6) is 0. The first-order chi connectivity index (χ1) is 13.6. The first kappa shape index (κ1) is 23.6. The minimum Gasteiger partial charge on any atom is -0.483 e. The lowest BCUT2D eigenvalue weighted by molar-refractivity contribution is -0.123. The zero-order chi connectivity index (χ0) is 20.8. The fourth-order valence-corrected chi connectivity index (χ4v) is 3.08. The molecule has 28 heavy (non-hydrogen) atoms. The summed E-state index contributed by atoms with van der Waals surface area (Å²) in [5.41, 5.74) is 2.19. The molecule has 0 bridgehead atoms. The summed E-state index contributed by atoms with van der Waals surface area (Å²) >= 11 is 6.08. The van der Waals surface area contributed by atoms with E-state index in [9.17, 15) is 0 Å². The number of ether oxygens (including phenoxy) is 1. The average molecular weight is 412 g/mol. The molecule has 0 atom stereocenters. The SMILES string of the molecule is CCN(CCN1CCOCC1)c1ccnc2cc(Cl)ccc12.O=CO.O=CO. The molecule has 9 heteroatoms. The van der Waals surface area contributed by atoms with Crippen molar-refractivity contribution in [3.8, 4) is 0 Å². The summed E-state index contributed by atoms with van der Waals surface area (Å²) in [6.45, 7) is 8.51. The van der Waals surface area contributed by atoms with Crippen LogP contribution in [0.25, 0.3) is 10.9 Å². The van der Waals surface area contributed by atoms with Gasteiger partial charge in [-0.05, 0) is 31.2 Å². The Balaban J connectivity index is 0.000000582. The van der Waals surface area contributed by atoms with Crippen LogP contribution in [0.15, 0.2) is 30.5 Å². The third kappa shape index (κ3) is 7.67. The zero-order valence-electron chi connectivity index (χ0n) is 15.8. The van der Waals surface area contributed by atoms with E-state index >= 15 is 0 Å². The Bertz CT molecular complexity index is 720. The lowest BCUT2D eigenvalue weighted by atomic mass is 10.1. The number of halogens is 1. The minimum atomic E-state index is -0.250. The number of rotatable bonds is 5. The van der Waals surface area contributed by atoms with Gasteiger partial charge in [0.05, 0.1) is 18.7 Å².